The molecule has 2 atom stereocenters. The molecule has 12 heteroatoms. The molecule has 1 aromatic carbocycles. The lowest BCUT2D eigenvalue weighted by Crippen LogP contribution is -2.42. The van der Waals surface area contributed by atoms with Gasteiger partial charge in [0.25, 0.3) is 5.88 Å². The monoisotopic (exact) mass is 555 g/mol. The molecule has 0 spiro atoms. The summed E-state index contributed by atoms with van der Waals surface area (Å²) in [5.41, 5.74) is 1.03. The predicted molar refractivity (Wildman–Crippen MR) is 149 cm³/mol. The number of nitrogens with one attached hydrogen (secondary N) is 2. The molecule has 1 aliphatic rings. The quantitative estimate of drug-likeness (QED) is 0.254. The van der Waals surface area contributed by atoms with Crippen molar-refractivity contribution in [1.29, 1.82) is 0 Å². The number of nitrogens with zero attached hydrogens (tertiary/aromatic N) is 3. The first-order chi connectivity index (χ1) is 17.8. The van der Waals surface area contributed by atoms with Crippen molar-refractivity contribution >= 4 is 17.5 Å². The van der Waals surface area contributed by atoms with Crippen LogP contribution in [0.3, 0.4) is 0 Å². The SMILES string of the molecule is CC(C)(C)NCC(O)c1ccc(O)c(CO)c1.CC(C)(C)NC[C@H](O)COc1nsnc1N1CCOCC1. The molecule has 1 aliphatic heterocycles. The molecule has 11 nitrogen and oxygen atoms in total. The molecule has 216 valence electrons. The summed E-state index contributed by atoms with van der Waals surface area (Å²) >= 11 is 1.12. The number of aromatic nitrogens is 2. The van der Waals surface area contributed by atoms with Crippen LogP contribution >= 0.6 is 11.7 Å². The minimum Gasteiger partial charge on any atom is -0.508 e. The number of morpholine rings is 1. The van der Waals surface area contributed by atoms with E-state index in [-0.39, 0.29) is 30.0 Å². The van der Waals surface area contributed by atoms with Crippen molar-refractivity contribution in [3.8, 4) is 11.6 Å². The van der Waals surface area contributed by atoms with Crippen molar-refractivity contribution < 1.29 is 29.9 Å². The van der Waals surface area contributed by atoms with E-state index >= 15 is 0 Å². The molecule has 1 aromatic heterocycles. The number of rotatable bonds is 10. The average molecular weight is 556 g/mol. The normalized spacial score (nSPS) is 16.0. The maximum atomic E-state index is 9.97. The van der Waals surface area contributed by atoms with Gasteiger partial charge in [0.15, 0.2) is 0 Å². The Morgan fingerprint density at radius 2 is 1.66 bits per heavy atom. The molecule has 1 unspecified atom stereocenters. The molecule has 0 bridgehead atoms. The van der Waals surface area contributed by atoms with E-state index in [4.69, 9.17) is 14.6 Å². The third kappa shape index (κ3) is 11.8. The van der Waals surface area contributed by atoms with Gasteiger partial charge in [0, 0.05) is 42.8 Å². The summed E-state index contributed by atoms with van der Waals surface area (Å²) in [5.74, 6) is 1.29. The second-order valence-corrected chi connectivity index (χ2v) is 11.8. The molecule has 0 radical (unpaired) electrons. The van der Waals surface area contributed by atoms with Gasteiger partial charge in [0.1, 0.15) is 18.5 Å². The molecule has 6 N–H and O–H groups in total. The Morgan fingerprint density at radius 3 is 2.26 bits per heavy atom. The zero-order valence-corrected chi connectivity index (χ0v) is 24.2. The number of benzene rings is 1. The van der Waals surface area contributed by atoms with Gasteiger partial charge in [-0.15, -0.1) is 4.37 Å². The van der Waals surface area contributed by atoms with Gasteiger partial charge in [-0.05, 0) is 59.2 Å². The first-order valence-electron chi connectivity index (χ1n) is 12.9. The Labute approximate surface area is 230 Å². The van der Waals surface area contributed by atoms with Gasteiger partial charge in [-0.1, -0.05) is 6.07 Å². The number of β-amino-alcohol motifs (C(OH)–C–C–N with tert-alkyl or cyclic N) is 2. The van der Waals surface area contributed by atoms with Crippen molar-refractivity contribution in [1.82, 2.24) is 19.4 Å². The zero-order chi connectivity index (χ0) is 28.3. The van der Waals surface area contributed by atoms with Crippen LogP contribution in [0.2, 0.25) is 0 Å². The van der Waals surface area contributed by atoms with Crippen LogP contribution in [0.5, 0.6) is 11.6 Å². The maximum absolute atomic E-state index is 9.97. The van der Waals surface area contributed by atoms with Crippen LogP contribution in [0.15, 0.2) is 18.2 Å². The van der Waals surface area contributed by atoms with Gasteiger partial charge in [-0.25, -0.2) is 0 Å². The van der Waals surface area contributed by atoms with Gasteiger partial charge in [0.2, 0.25) is 5.82 Å². The minimum atomic E-state index is -0.653. The number of hydrogen-bond acceptors (Lipinski definition) is 12. The van der Waals surface area contributed by atoms with E-state index in [1.165, 1.54) is 6.07 Å². The summed E-state index contributed by atoms with van der Waals surface area (Å²) in [6, 6.07) is 4.76. The Bertz CT molecular complexity index is 956. The van der Waals surface area contributed by atoms with Gasteiger partial charge in [0.05, 0.1) is 37.7 Å². The highest BCUT2D eigenvalue weighted by atomic mass is 32.1. The fourth-order valence-corrected chi connectivity index (χ4v) is 3.87. The molecule has 38 heavy (non-hydrogen) atoms. The number of hydrogen-bond donors (Lipinski definition) is 6. The lowest BCUT2D eigenvalue weighted by molar-refractivity contribution is 0.0975. The molecule has 1 saturated heterocycles. The molecule has 2 aromatic rings. The van der Waals surface area contributed by atoms with Crippen LogP contribution in [0.4, 0.5) is 5.82 Å². The third-order valence-corrected chi connectivity index (χ3v) is 6.02. The number of aliphatic hydroxyl groups excluding tert-OH is 3. The van der Waals surface area contributed by atoms with Crippen LogP contribution in [-0.2, 0) is 11.3 Å². The second kappa shape index (κ2) is 14.9. The number of aliphatic hydroxyl groups is 3. The summed E-state index contributed by atoms with van der Waals surface area (Å²) < 4.78 is 19.4. The van der Waals surface area contributed by atoms with Crippen LogP contribution < -0.4 is 20.3 Å². The average Bonchev–Trinajstić information content (AvgIpc) is 3.34. The summed E-state index contributed by atoms with van der Waals surface area (Å²) in [4.78, 5) is 2.10. The van der Waals surface area contributed by atoms with Crippen LogP contribution in [0, 0.1) is 0 Å². The van der Waals surface area contributed by atoms with E-state index in [9.17, 15) is 15.3 Å². The molecule has 1 fully saturated rings. The molecule has 0 amide bonds. The van der Waals surface area contributed by atoms with Crippen molar-refractivity contribution in [3.63, 3.8) is 0 Å². The predicted octanol–water partition coefficient (Wildman–Crippen LogP) is 1.81. The Balaban J connectivity index is 0.000000273. The molecule has 3 rings (SSSR count). The molecular weight excluding hydrogens is 510 g/mol. The smallest absolute Gasteiger partial charge is 0.270 e. The van der Waals surface area contributed by atoms with E-state index in [1.54, 1.807) is 12.1 Å². The summed E-state index contributed by atoms with van der Waals surface area (Å²) in [6.07, 6.45) is -1.23. The Morgan fingerprint density at radius 1 is 1.03 bits per heavy atom. The third-order valence-electron chi connectivity index (χ3n) is 5.52. The van der Waals surface area contributed by atoms with Gasteiger partial charge in [-0.2, -0.15) is 4.37 Å². The molecule has 2 heterocycles. The van der Waals surface area contributed by atoms with Crippen molar-refractivity contribution in [3.05, 3.63) is 29.3 Å². The van der Waals surface area contributed by atoms with E-state index in [2.05, 4.69) is 45.1 Å². The standard InChI is InChI=1S/C13H24N4O3S.C13H21NO3/c1-13(2,3)14-8-10(18)9-20-12-11(15-21-16-12)17-4-6-19-7-5-17;1-13(2,3)14-7-12(17)9-4-5-11(16)10(6-9)8-15/h10,14,18H,4-9H2,1-3H3;4-6,12,14-17H,7-8H2,1-3H3/t10-;/m0./s1. The topological polar surface area (TPSA) is 152 Å². The lowest BCUT2D eigenvalue weighted by atomic mass is 10.0. The Hall–Kier alpha value is -2.06. The maximum Gasteiger partial charge on any atom is 0.270 e. The second-order valence-electron chi connectivity index (χ2n) is 11.3. The minimum absolute atomic E-state index is 0.0257. The van der Waals surface area contributed by atoms with Crippen LogP contribution in [0.1, 0.15) is 58.8 Å². The highest BCUT2D eigenvalue weighted by Gasteiger charge is 2.21. The van der Waals surface area contributed by atoms with Gasteiger partial charge < -0.3 is 45.4 Å². The van der Waals surface area contributed by atoms with E-state index in [1.807, 2.05) is 20.8 Å². The molecule has 0 saturated carbocycles. The number of anilines is 1. The highest BCUT2D eigenvalue weighted by Crippen LogP contribution is 2.26. The fourth-order valence-electron chi connectivity index (χ4n) is 3.35. The number of ether oxygens (including phenoxy) is 2. The highest BCUT2D eigenvalue weighted by molar-refractivity contribution is 6.99. The lowest BCUT2D eigenvalue weighted by Gasteiger charge is -2.27. The number of aromatic hydroxyl groups is 1. The van der Waals surface area contributed by atoms with Crippen LogP contribution in [0.25, 0.3) is 0 Å². The largest absolute Gasteiger partial charge is 0.508 e. The Kier molecular flexibility index (Phi) is 12.6. The molecular formula is C26H45N5O6S. The summed E-state index contributed by atoms with van der Waals surface area (Å²) in [6.45, 7) is 16.1. The zero-order valence-electron chi connectivity index (χ0n) is 23.4. The van der Waals surface area contributed by atoms with Gasteiger partial charge in [-0.3, -0.25) is 0 Å². The van der Waals surface area contributed by atoms with E-state index < -0.39 is 12.2 Å². The fraction of sp³-hybridized carbons (Fsp3) is 0.692. The van der Waals surface area contributed by atoms with E-state index in [0.717, 1.165) is 30.6 Å². The molecule has 0 aliphatic carbocycles. The first-order valence-corrected chi connectivity index (χ1v) is 13.6. The van der Waals surface area contributed by atoms with E-state index in [0.29, 0.717) is 43.3 Å². The van der Waals surface area contributed by atoms with Gasteiger partial charge >= 0.3 is 0 Å². The number of phenols is 1. The summed E-state index contributed by atoms with van der Waals surface area (Å²) in [7, 11) is 0. The van der Waals surface area contributed by atoms with Crippen molar-refractivity contribution in [2.45, 2.75) is 71.4 Å². The first kappa shape index (κ1) is 32.2. The van der Waals surface area contributed by atoms with Crippen LogP contribution in [-0.4, -0.2) is 92.4 Å². The van der Waals surface area contributed by atoms with Crippen molar-refractivity contribution in [2.24, 2.45) is 0 Å². The summed E-state index contributed by atoms with van der Waals surface area (Å²) in [5, 5.41) is 44.8. The van der Waals surface area contributed by atoms with Crippen molar-refractivity contribution in [2.75, 3.05) is 50.9 Å².